The van der Waals surface area contributed by atoms with Crippen molar-refractivity contribution in [2.45, 2.75) is 12.5 Å². The third-order valence-corrected chi connectivity index (χ3v) is 4.82. The topological polar surface area (TPSA) is 98.4 Å². The molecule has 3 amide bonds. The van der Waals surface area contributed by atoms with Crippen molar-refractivity contribution in [3.63, 3.8) is 0 Å². The predicted octanol–water partition coefficient (Wildman–Crippen LogP) is 1.20. The zero-order valence-electron chi connectivity index (χ0n) is 16.5. The third kappa shape index (κ3) is 3.57. The number of methoxy groups -OCH3 is 4. The molecule has 1 unspecified atom stereocenters. The molecular weight excluding hydrogens is 366 g/mol. The fourth-order valence-electron chi connectivity index (χ4n) is 3.53. The van der Waals surface area contributed by atoms with Crippen LogP contribution in [0.15, 0.2) is 23.4 Å². The van der Waals surface area contributed by atoms with Gasteiger partial charge in [0, 0.05) is 20.3 Å². The number of rotatable bonds is 8. The number of urea groups is 1. The van der Waals surface area contributed by atoms with Gasteiger partial charge in [0.25, 0.3) is 5.91 Å². The second-order valence-corrected chi connectivity index (χ2v) is 6.46. The largest absolute Gasteiger partial charge is 0.493 e. The van der Waals surface area contributed by atoms with E-state index in [0.29, 0.717) is 53.8 Å². The van der Waals surface area contributed by atoms with Crippen LogP contribution in [-0.2, 0) is 9.53 Å². The van der Waals surface area contributed by atoms with Crippen LogP contribution in [0.4, 0.5) is 4.79 Å². The summed E-state index contributed by atoms with van der Waals surface area (Å²) in [5.41, 5.74) is 1.81. The van der Waals surface area contributed by atoms with Crippen molar-refractivity contribution < 1.29 is 28.5 Å². The summed E-state index contributed by atoms with van der Waals surface area (Å²) in [4.78, 5) is 26.9. The van der Waals surface area contributed by atoms with Gasteiger partial charge in [0.05, 0.1) is 45.2 Å². The van der Waals surface area contributed by atoms with Crippen LogP contribution in [-0.4, -0.2) is 65.0 Å². The molecular formula is C19H25N3O6. The second kappa shape index (κ2) is 8.39. The fraction of sp³-hybridized carbons (Fsp3) is 0.474. The minimum atomic E-state index is -0.614. The highest BCUT2D eigenvalue weighted by molar-refractivity contribution is 6.01. The van der Waals surface area contributed by atoms with E-state index in [9.17, 15) is 9.59 Å². The van der Waals surface area contributed by atoms with Gasteiger partial charge in [0.2, 0.25) is 5.75 Å². The Morgan fingerprint density at radius 1 is 1.07 bits per heavy atom. The third-order valence-electron chi connectivity index (χ3n) is 4.82. The van der Waals surface area contributed by atoms with Crippen molar-refractivity contribution in [3.05, 3.63) is 29.0 Å². The molecule has 0 bridgehead atoms. The molecule has 2 N–H and O–H groups in total. The molecule has 1 aromatic carbocycles. The van der Waals surface area contributed by atoms with E-state index >= 15 is 0 Å². The zero-order valence-corrected chi connectivity index (χ0v) is 16.5. The number of carbonyl (C=O) groups is 2. The van der Waals surface area contributed by atoms with Crippen molar-refractivity contribution in [3.8, 4) is 17.2 Å². The van der Waals surface area contributed by atoms with E-state index in [1.165, 1.54) is 21.3 Å². The first-order valence-electron chi connectivity index (χ1n) is 8.92. The van der Waals surface area contributed by atoms with Gasteiger partial charge in [0.15, 0.2) is 11.5 Å². The Labute approximate surface area is 163 Å². The second-order valence-electron chi connectivity index (χ2n) is 6.46. The highest BCUT2D eigenvalue weighted by Crippen LogP contribution is 2.42. The Morgan fingerprint density at radius 3 is 2.32 bits per heavy atom. The summed E-state index contributed by atoms with van der Waals surface area (Å²) in [5, 5.41) is 5.59. The van der Waals surface area contributed by atoms with Crippen LogP contribution in [0.5, 0.6) is 17.2 Å². The number of hydrogen-bond donors (Lipinski definition) is 2. The lowest BCUT2D eigenvalue weighted by Gasteiger charge is -2.26. The summed E-state index contributed by atoms with van der Waals surface area (Å²) in [6, 6.07) is 2.51. The van der Waals surface area contributed by atoms with Gasteiger partial charge < -0.3 is 34.5 Å². The van der Waals surface area contributed by atoms with E-state index in [1.807, 2.05) is 0 Å². The molecule has 1 atom stereocenters. The number of carbonyl (C=O) groups excluding carboxylic acids is 2. The number of hydrogen-bond acceptors (Lipinski definition) is 6. The van der Waals surface area contributed by atoms with E-state index in [4.69, 9.17) is 18.9 Å². The van der Waals surface area contributed by atoms with Crippen LogP contribution in [0.1, 0.15) is 18.0 Å². The maximum absolute atomic E-state index is 13.0. The summed E-state index contributed by atoms with van der Waals surface area (Å²) in [6.07, 6.45) is 0.721. The van der Waals surface area contributed by atoms with E-state index < -0.39 is 6.04 Å². The van der Waals surface area contributed by atoms with Gasteiger partial charge in [-0.05, 0) is 24.1 Å². The Hall–Kier alpha value is -2.94. The lowest BCUT2D eigenvalue weighted by molar-refractivity contribution is -0.125. The van der Waals surface area contributed by atoms with Crippen LogP contribution in [0.2, 0.25) is 0 Å². The molecule has 2 heterocycles. The number of amides is 3. The van der Waals surface area contributed by atoms with Crippen molar-refractivity contribution >= 4 is 11.9 Å². The summed E-state index contributed by atoms with van der Waals surface area (Å²) < 4.78 is 21.2. The van der Waals surface area contributed by atoms with Crippen LogP contribution in [0, 0.1) is 0 Å². The van der Waals surface area contributed by atoms with Gasteiger partial charge in [-0.1, -0.05) is 0 Å². The molecule has 0 fully saturated rings. The van der Waals surface area contributed by atoms with Crippen LogP contribution in [0.3, 0.4) is 0 Å². The summed E-state index contributed by atoms with van der Waals surface area (Å²) in [5.74, 6) is 1.24. The molecule has 2 aliphatic heterocycles. The molecule has 0 saturated heterocycles. The highest BCUT2D eigenvalue weighted by Gasteiger charge is 2.40. The molecule has 3 rings (SSSR count). The SMILES string of the molecule is COCCCN1CC2=C(C1=O)C(c1cc(OC)c(OC)c(OC)c1)NC(=O)N2. The fourth-order valence-corrected chi connectivity index (χ4v) is 3.53. The van der Waals surface area contributed by atoms with E-state index in [0.717, 1.165) is 6.42 Å². The first-order chi connectivity index (χ1) is 13.5. The lowest BCUT2D eigenvalue weighted by Crippen LogP contribution is -2.44. The average molecular weight is 391 g/mol. The Balaban J connectivity index is 1.96. The van der Waals surface area contributed by atoms with Gasteiger partial charge in [0.1, 0.15) is 0 Å². The molecule has 0 aliphatic carbocycles. The number of nitrogens with one attached hydrogen (secondary N) is 2. The maximum atomic E-state index is 13.0. The summed E-state index contributed by atoms with van der Waals surface area (Å²) in [7, 11) is 6.18. The standard InChI is InChI=1S/C19H25N3O6/c1-25-7-5-6-22-10-12-15(18(22)23)16(21-19(24)20-12)11-8-13(26-2)17(28-4)14(9-11)27-3/h8-9,16H,5-7,10H2,1-4H3,(H2,20,21,24). The first kappa shape index (κ1) is 19.8. The number of benzene rings is 1. The van der Waals surface area contributed by atoms with E-state index in [2.05, 4.69) is 10.6 Å². The van der Waals surface area contributed by atoms with Crippen molar-refractivity contribution in [2.24, 2.45) is 0 Å². The van der Waals surface area contributed by atoms with Gasteiger partial charge in [-0.15, -0.1) is 0 Å². The van der Waals surface area contributed by atoms with Gasteiger partial charge in [-0.25, -0.2) is 4.79 Å². The Bertz CT molecular complexity index is 782. The molecule has 9 heteroatoms. The van der Waals surface area contributed by atoms with Crippen LogP contribution >= 0.6 is 0 Å². The molecule has 0 aromatic heterocycles. The first-order valence-corrected chi connectivity index (χ1v) is 8.92. The van der Waals surface area contributed by atoms with Gasteiger partial charge in [-0.2, -0.15) is 0 Å². The van der Waals surface area contributed by atoms with Crippen molar-refractivity contribution in [1.82, 2.24) is 15.5 Å². The number of ether oxygens (including phenoxy) is 4. The number of nitrogens with zero attached hydrogens (tertiary/aromatic N) is 1. The summed E-state index contributed by atoms with van der Waals surface area (Å²) in [6.45, 7) is 1.49. The zero-order chi connectivity index (χ0) is 20.3. The molecule has 0 saturated carbocycles. The quantitative estimate of drug-likeness (QED) is 0.646. The molecule has 28 heavy (non-hydrogen) atoms. The molecule has 9 nitrogen and oxygen atoms in total. The average Bonchev–Trinajstić information content (AvgIpc) is 3.01. The minimum absolute atomic E-state index is 0.114. The van der Waals surface area contributed by atoms with Crippen molar-refractivity contribution in [2.75, 3.05) is 48.1 Å². The molecule has 1 aromatic rings. The van der Waals surface area contributed by atoms with Crippen molar-refractivity contribution in [1.29, 1.82) is 0 Å². The van der Waals surface area contributed by atoms with E-state index in [1.54, 1.807) is 24.1 Å². The minimum Gasteiger partial charge on any atom is -0.493 e. The molecule has 0 spiro atoms. The normalized spacial score (nSPS) is 18.6. The summed E-state index contributed by atoms with van der Waals surface area (Å²) >= 11 is 0. The predicted molar refractivity (Wildman–Crippen MR) is 101 cm³/mol. The van der Waals surface area contributed by atoms with Gasteiger partial charge in [-0.3, -0.25) is 4.79 Å². The highest BCUT2D eigenvalue weighted by atomic mass is 16.5. The molecule has 152 valence electrons. The maximum Gasteiger partial charge on any atom is 0.319 e. The molecule has 0 radical (unpaired) electrons. The smallest absolute Gasteiger partial charge is 0.319 e. The van der Waals surface area contributed by atoms with Crippen LogP contribution in [0.25, 0.3) is 0 Å². The Kier molecular flexibility index (Phi) is 5.93. The molecule has 2 aliphatic rings. The monoisotopic (exact) mass is 391 g/mol. The van der Waals surface area contributed by atoms with E-state index in [-0.39, 0.29) is 11.9 Å². The van der Waals surface area contributed by atoms with Gasteiger partial charge >= 0.3 is 6.03 Å². The lowest BCUT2D eigenvalue weighted by atomic mass is 9.95. The Morgan fingerprint density at radius 2 is 1.75 bits per heavy atom. The van der Waals surface area contributed by atoms with Crippen LogP contribution < -0.4 is 24.8 Å².